The topological polar surface area (TPSA) is 38.0 Å². The standard InChI is InChI=1S/C13H30N2/c1-5-7-8-9-10-11-12(15-14)13(3,4)6-2/h12,15H,5-11,14H2,1-4H3. The van der Waals surface area contributed by atoms with Gasteiger partial charge >= 0.3 is 0 Å². The highest BCUT2D eigenvalue weighted by Gasteiger charge is 2.25. The van der Waals surface area contributed by atoms with E-state index < -0.39 is 0 Å². The molecule has 0 saturated carbocycles. The Hall–Kier alpha value is -0.0800. The van der Waals surface area contributed by atoms with Crippen LogP contribution in [0.5, 0.6) is 0 Å². The van der Waals surface area contributed by atoms with Crippen LogP contribution in [0.2, 0.25) is 0 Å². The molecule has 0 aliphatic carbocycles. The summed E-state index contributed by atoms with van der Waals surface area (Å²) in [6.45, 7) is 9.08. The molecule has 0 bridgehead atoms. The van der Waals surface area contributed by atoms with E-state index in [1.165, 1.54) is 44.9 Å². The highest BCUT2D eigenvalue weighted by atomic mass is 15.2. The fraction of sp³-hybridized carbons (Fsp3) is 1.00. The number of unbranched alkanes of at least 4 members (excludes halogenated alkanes) is 4. The molecule has 2 nitrogen and oxygen atoms in total. The van der Waals surface area contributed by atoms with Crippen LogP contribution < -0.4 is 11.3 Å². The van der Waals surface area contributed by atoms with Gasteiger partial charge in [-0.05, 0) is 18.3 Å². The molecule has 0 radical (unpaired) electrons. The van der Waals surface area contributed by atoms with Crippen molar-refractivity contribution >= 4 is 0 Å². The van der Waals surface area contributed by atoms with Gasteiger partial charge in [0.05, 0.1) is 0 Å². The zero-order valence-corrected chi connectivity index (χ0v) is 11.1. The maximum atomic E-state index is 5.63. The normalized spacial score (nSPS) is 14.2. The number of rotatable bonds is 9. The SMILES string of the molecule is CCCCCCCC(NN)C(C)(C)CC. The zero-order chi connectivity index (χ0) is 11.7. The van der Waals surface area contributed by atoms with Crippen LogP contribution in [-0.4, -0.2) is 6.04 Å². The number of nitrogens with one attached hydrogen (secondary N) is 1. The number of nitrogens with two attached hydrogens (primary N) is 1. The third-order valence-corrected chi connectivity index (χ3v) is 3.65. The molecule has 92 valence electrons. The molecule has 15 heavy (non-hydrogen) atoms. The van der Waals surface area contributed by atoms with Crippen LogP contribution in [0.25, 0.3) is 0 Å². The first-order valence-electron chi connectivity index (χ1n) is 6.54. The molecule has 0 spiro atoms. The fourth-order valence-electron chi connectivity index (χ4n) is 1.90. The van der Waals surface area contributed by atoms with Gasteiger partial charge in [0.2, 0.25) is 0 Å². The van der Waals surface area contributed by atoms with Crippen LogP contribution in [0, 0.1) is 5.41 Å². The average molecular weight is 214 g/mol. The van der Waals surface area contributed by atoms with Gasteiger partial charge < -0.3 is 0 Å². The molecule has 0 aliphatic rings. The Morgan fingerprint density at radius 2 is 1.67 bits per heavy atom. The minimum Gasteiger partial charge on any atom is -0.271 e. The molecule has 0 rings (SSSR count). The van der Waals surface area contributed by atoms with Crippen molar-refractivity contribution in [1.29, 1.82) is 0 Å². The summed E-state index contributed by atoms with van der Waals surface area (Å²) in [5.74, 6) is 5.63. The van der Waals surface area contributed by atoms with Crippen molar-refractivity contribution in [2.75, 3.05) is 0 Å². The van der Waals surface area contributed by atoms with E-state index in [2.05, 4.69) is 33.1 Å². The molecule has 1 unspecified atom stereocenters. The predicted octanol–water partition coefficient (Wildman–Crippen LogP) is 3.62. The van der Waals surface area contributed by atoms with Gasteiger partial charge in [0.1, 0.15) is 0 Å². The number of hydrazine groups is 1. The molecule has 0 saturated heterocycles. The molecule has 0 amide bonds. The van der Waals surface area contributed by atoms with Crippen molar-refractivity contribution in [3.8, 4) is 0 Å². The van der Waals surface area contributed by atoms with Gasteiger partial charge in [0.25, 0.3) is 0 Å². The van der Waals surface area contributed by atoms with E-state index in [4.69, 9.17) is 5.84 Å². The first-order valence-corrected chi connectivity index (χ1v) is 6.54. The van der Waals surface area contributed by atoms with E-state index >= 15 is 0 Å². The minimum absolute atomic E-state index is 0.319. The Kier molecular flexibility index (Phi) is 8.07. The lowest BCUT2D eigenvalue weighted by Crippen LogP contribution is -2.45. The van der Waals surface area contributed by atoms with Gasteiger partial charge in [-0.25, -0.2) is 0 Å². The van der Waals surface area contributed by atoms with Gasteiger partial charge in [-0.1, -0.05) is 59.8 Å². The van der Waals surface area contributed by atoms with Crippen LogP contribution in [0.1, 0.15) is 72.6 Å². The van der Waals surface area contributed by atoms with E-state index in [0.29, 0.717) is 11.5 Å². The van der Waals surface area contributed by atoms with Gasteiger partial charge in [0.15, 0.2) is 0 Å². The summed E-state index contributed by atoms with van der Waals surface area (Å²) < 4.78 is 0. The zero-order valence-electron chi connectivity index (χ0n) is 11.1. The fourth-order valence-corrected chi connectivity index (χ4v) is 1.90. The van der Waals surface area contributed by atoms with E-state index in [9.17, 15) is 0 Å². The Morgan fingerprint density at radius 1 is 1.07 bits per heavy atom. The third kappa shape index (κ3) is 6.16. The lowest BCUT2D eigenvalue weighted by atomic mass is 9.80. The highest BCUT2D eigenvalue weighted by Crippen LogP contribution is 2.27. The predicted molar refractivity (Wildman–Crippen MR) is 68.6 cm³/mol. The Morgan fingerprint density at radius 3 is 2.13 bits per heavy atom. The van der Waals surface area contributed by atoms with Crippen LogP contribution in [0.15, 0.2) is 0 Å². The smallest absolute Gasteiger partial charge is 0.0261 e. The Balaban J connectivity index is 3.71. The summed E-state index contributed by atoms with van der Waals surface area (Å²) in [5, 5.41) is 0. The second-order valence-corrected chi connectivity index (χ2v) is 5.26. The number of hydrogen-bond donors (Lipinski definition) is 2. The summed E-state index contributed by atoms with van der Waals surface area (Å²) in [6, 6.07) is 0.462. The molecule has 0 heterocycles. The van der Waals surface area contributed by atoms with Crippen molar-refractivity contribution in [2.45, 2.75) is 78.7 Å². The van der Waals surface area contributed by atoms with Crippen LogP contribution in [0.3, 0.4) is 0 Å². The monoisotopic (exact) mass is 214 g/mol. The summed E-state index contributed by atoms with van der Waals surface area (Å²) in [5.41, 5.74) is 3.30. The van der Waals surface area contributed by atoms with Gasteiger partial charge in [-0.3, -0.25) is 11.3 Å². The Labute approximate surface area is 96.0 Å². The van der Waals surface area contributed by atoms with Crippen LogP contribution in [0.4, 0.5) is 0 Å². The Bertz CT molecular complexity index is 143. The summed E-state index contributed by atoms with van der Waals surface area (Å²) in [4.78, 5) is 0. The van der Waals surface area contributed by atoms with Gasteiger partial charge in [0, 0.05) is 6.04 Å². The third-order valence-electron chi connectivity index (χ3n) is 3.65. The number of hydrogen-bond acceptors (Lipinski definition) is 2. The van der Waals surface area contributed by atoms with Crippen molar-refractivity contribution in [3.63, 3.8) is 0 Å². The molecule has 0 fully saturated rings. The lowest BCUT2D eigenvalue weighted by Gasteiger charge is -2.33. The van der Waals surface area contributed by atoms with E-state index in [1.807, 2.05) is 0 Å². The molecule has 2 heteroatoms. The first kappa shape index (κ1) is 14.9. The second-order valence-electron chi connectivity index (χ2n) is 5.26. The molecular weight excluding hydrogens is 184 g/mol. The lowest BCUT2D eigenvalue weighted by molar-refractivity contribution is 0.217. The molecular formula is C13H30N2. The molecule has 1 atom stereocenters. The van der Waals surface area contributed by atoms with E-state index in [-0.39, 0.29) is 0 Å². The summed E-state index contributed by atoms with van der Waals surface area (Å²) in [6.07, 6.45) is 9.11. The van der Waals surface area contributed by atoms with E-state index in [0.717, 1.165) is 0 Å². The molecule has 0 aromatic carbocycles. The highest BCUT2D eigenvalue weighted by molar-refractivity contribution is 4.81. The van der Waals surface area contributed by atoms with Crippen molar-refractivity contribution in [2.24, 2.45) is 11.3 Å². The molecule has 0 aromatic rings. The minimum atomic E-state index is 0.319. The quantitative estimate of drug-likeness (QED) is 0.349. The average Bonchev–Trinajstić information content (AvgIpc) is 2.23. The van der Waals surface area contributed by atoms with Gasteiger partial charge in [-0.15, -0.1) is 0 Å². The summed E-state index contributed by atoms with van der Waals surface area (Å²) >= 11 is 0. The van der Waals surface area contributed by atoms with Gasteiger partial charge in [-0.2, -0.15) is 0 Å². The van der Waals surface area contributed by atoms with E-state index in [1.54, 1.807) is 0 Å². The largest absolute Gasteiger partial charge is 0.271 e. The maximum Gasteiger partial charge on any atom is 0.0261 e. The molecule has 0 aromatic heterocycles. The molecule has 0 aliphatic heterocycles. The van der Waals surface area contributed by atoms with Crippen molar-refractivity contribution in [3.05, 3.63) is 0 Å². The summed E-state index contributed by atoms with van der Waals surface area (Å²) in [7, 11) is 0. The first-order chi connectivity index (χ1) is 7.08. The van der Waals surface area contributed by atoms with Crippen molar-refractivity contribution in [1.82, 2.24) is 5.43 Å². The molecule has 3 N–H and O–H groups in total. The van der Waals surface area contributed by atoms with Crippen molar-refractivity contribution < 1.29 is 0 Å². The second kappa shape index (κ2) is 8.12. The van der Waals surface area contributed by atoms with Crippen LogP contribution >= 0.6 is 0 Å². The maximum absolute atomic E-state index is 5.63. The van der Waals surface area contributed by atoms with Crippen LogP contribution in [-0.2, 0) is 0 Å².